The van der Waals surface area contributed by atoms with Gasteiger partial charge in [0.15, 0.2) is 0 Å². The molecule has 0 spiro atoms. The molecule has 0 radical (unpaired) electrons. The second-order valence-electron chi connectivity index (χ2n) is 6.50. The van der Waals surface area contributed by atoms with Crippen LogP contribution >= 0.6 is 0 Å². The maximum absolute atomic E-state index is 13.3. The Morgan fingerprint density at radius 3 is 2.89 bits per heavy atom. The van der Waals surface area contributed by atoms with Crippen molar-refractivity contribution < 1.29 is 4.39 Å². The van der Waals surface area contributed by atoms with Crippen LogP contribution in [0.4, 0.5) is 4.39 Å². The van der Waals surface area contributed by atoms with Gasteiger partial charge in [-0.05, 0) is 48.9 Å². The van der Waals surface area contributed by atoms with E-state index in [0.717, 1.165) is 37.8 Å². The number of benzene rings is 1. The Morgan fingerprint density at radius 1 is 1.42 bits per heavy atom. The molecule has 1 aromatic carbocycles. The van der Waals surface area contributed by atoms with Crippen LogP contribution < -0.4 is 5.32 Å². The lowest BCUT2D eigenvalue weighted by Crippen LogP contribution is -2.38. The summed E-state index contributed by atoms with van der Waals surface area (Å²) in [4.78, 5) is 2.56. The number of nitrogens with one attached hydrogen (secondary N) is 1. The zero-order chi connectivity index (χ0) is 13.3. The van der Waals surface area contributed by atoms with Crippen LogP contribution in [0.2, 0.25) is 0 Å². The van der Waals surface area contributed by atoms with E-state index in [2.05, 4.69) is 17.1 Å². The molecule has 1 aliphatic heterocycles. The third kappa shape index (κ3) is 3.34. The first kappa shape index (κ1) is 13.1. The van der Waals surface area contributed by atoms with Crippen molar-refractivity contribution in [3.05, 3.63) is 35.6 Å². The molecule has 0 bridgehead atoms. The SMILES string of the molecule is CC1(CN(Cc2cccc(F)c2)C2CC2)CCNC1. The van der Waals surface area contributed by atoms with Crippen molar-refractivity contribution in [1.82, 2.24) is 10.2 Å². The van der Waals surface area contributed by atoms with Crippen LogP contribution in [0, 0.1) is 11.2 Å². The van der Waals surface area contributed by atoms with Crippen molar-refractivity contribution in [3.63, 3.8) is 0 Å². The van der Waals surface area contributed by atoms with Crippen molar-refractivity contribution in [2.24, 2.45) is 5.41 Å². The molecule has 1 saturated heterocycles. The number of halogens is 1. The molecule has 1 saturated carbocycles. The molecular weight excluding hydrogens is 239 g/mol. The monoisotopic (exact) mass is 262 g/mol. The lowest BCUT2D eigenvalue weighted by atomic mass is 9.89. The topological polar surface area (TPSA) is 15.3 Å². The van der Waals surface area contributed by atoms with E-state index < -0.39 is 0 Å². The molecule has 2 fully saturated rings. The summed E-state index contributed by atoms with van der Waals surface area (Å²) in [6.45, 7) is 6.63. The van der Waals surface area contributed by atoms with Gasteiger partial charge in [-0.1, -0.05) is 19.1 Å². The van der Waals surface area contributed by atoms with Gasteiger partial charge in [0.05, 0.1) is 0 Å². The minimum atomic E-state index is -0.123. The zero-order valence-corrected chi connectivity index (χ0v) is 11.7. The van der Waals surface area contributed by atoms with E-state index in [9.17, 15) is 4.39 Å². The molecule has 19 heavy (non-hydrogen) atoms. The quantitative estimate of drug-likeness (QED) is 0.878. The van der Waals surface area contributed by atoms with Crippen LogP contribution in [0.5, 0.6) is 0 Å². The summed E-state index contributed by atoms with van der Waals surface area (Å²) >= 11 is 0. The first-order valence-corrected chi connectivity index (χ1v) is 7.34. The third-order valence-electron chi connectivity index (χ3n) is 4.38. The summed E-state index contributed by atoms with van der Waals surface area (Å²) in [5, 5.41) is 3.46. The highest BCUT2D eigenvalue weighted by Crippen LogP contribution is 2.34. The molecule has 1 aromatic rings. The molecule has 0 aromatic heterocycles. The smallest absolute Gasteiger partial charge is 0.123 e. The summed E-state index contributed by atoms with van der Waals surface area (Å²) < 4.78 is 13.3. The van der Waals surface area contributed by atoms with Crippen LogP contribution in [-0.2, 0) is 6.54 Å². The van der Waals surface area contributed by atoms with Crippen molar-refractivity contribution >= 4 is 0 Å². The van der Waals surface area contributed by atoms with E-state index in [1.807, 2.05) is 12.1 Å². The summed E-state index contributed by atoms with van der Waals surface area (Å²) in [5.41, 5.74) is 1.48. The Bertz CT molecular complexity index is 436. The van der Waals surface area contributed by atoms with Crippen molar-refractivity contribution in [2.75, 3.05) is 19.6 Å². The minimum absolute atomic E-state index is 0.123. The molecule has 1 heterocycles. The Labute approximate surface area is 115 Å². The first-order chi connectivity index (χ1) is 9.15. The van der Waals surface area contributed by atoms with Gasteiger partial charge in [0.25, 0.3) is 0 Å². The number of nitrogens with zero attached hydrogens (tertiary/aromatic N) is 1. The predicted molar refractivity (Wildman–Crippen MR) is 75.4 cm³/mol. The fraction of sp³-hybridized carbons (Fsp3) is 0.625. The van der Waals surface area contributed by atoms with Gasteiger partial charge >= 0.3 is 0 Å². The normalized spacial score (nSPS) is 27.1. The van der Waals surface area contributed by atoms with Gasteiger partial charge in [-0.2, -0.15) is 0 Å². The van der Waals surface area contributed by atoms with Crippen LogP contribution in [-0.4, -0.2) is 30.6 Å². The molecule has 1 atom stereocenters. The van der Waals surface area contributed by atoms with Crippen molar-refractivity contribution in [2.45, 2.75) is 38.8 Å². The Morgan fingerprint density at radius 2 is 2.26 bits per heavy atom. The molecule has 3 rings (SSSR count). The molecule has 1 aliphatic carbocycles. The molecule has 0 amide bonds. The van der Waals surface area contributed by atoms with E-state index in [4.69, 9.17) is 0 Å². The summed E-state index contributed by atoms with van der Waals surface area (Å²) in [6, 6.07) is 7.76. The minimum Gasteiger partial charge on any atom is -0.316 e. The van der Waals surface area contributed by atoms with E-state index in [1.54, 1.807) is 6.07 Å². The Kier molecular flexibility index (Phi) is 3.59. The van der Waals surface area contributed by atoms with E-state index in [0.29, 0.717) is 5.41 Å². The molecular formula is C16H23FN2. The standard InChI is InChI=1S/C16H23FN2/c1-16(7-8-18-11-16)12-19(15-5-6-15)10-13-3-2-4-14(17)9-13/h2-4,9,15,18H,5-8,10-12H2,1H3. The second-order valence-corrected chi connectivity index (χ2v) is 6.50. The van der Waals surface area contributed by atoms with Crippen LogP contribution in [0.3, 0.4) is 0 Å². The van der Waals surface area contributed by atoms with Gasteiger partial charge in [0.2, 0.25) is 0 Å². The van der Waals surface area contributed by atoms with Gasteiger partial charge in [-0.15, -0.1) is 0 Å². The number of hydrogen-bond acceptors (Lipinski definition) is 2. The van der Waals surface area contributed by atoms with Crippen LogP contribution in [0.1, 0.15) is 31.7 Å². The molecule has 2 nitrogen and oxygen atoms in total. The Balaban J connectivity index is 1.67. The largest absolute Gasteiger partial charge is 0.316 e. The molecule has 3 heteroatoms. The third-order valence-corrected chi connectivity index (χ3v) is 4.38. The highest BCUT2D eigenvalue weighted by Gasteiger charge is 2.36. The average Bonchev–Trinajstić information content (AvgIpc) is 3.12. The highest BCUT2D eigenvalue weighted by atomic mass is 19.1. The maximum atomic E-state index is 13.3. The lowest BCUT2D eigenvalue weighted by molar-refractivity contribution is 0.162. The van der Waals surface area contributed by atoms with Crippen LogP contribution in [0.15, 0.2) is 24.3 Å². The fourth-order valence-corrected chi connectivity index (χ4v) is 3.12. The van der Waals surface area contributed by atoms with Crippen molar-refractivity contribution in [1.29, 1.82) is 0 Å². The van der Waals surface area contributed by atoms with Gasteiger partial charge in [-0.25, -0.2) is 4.39 Å². The molecule has 1 unspecified atom stereocenters. The van der Waals surface area contributed by atoms with Gasteiger partial charge < -0.3 is 5.32 Å². The summed E-state index contributed by atoms with van der Waals surface area (Å²) in [7, 11) is 0. The highest BCUT2D eigenvalue weighted by molar-refractivity contribution is 5.16. The summed E-state index contributed by atoms with van der Waals surface area (Å²) in [6.07, 6.45) is 3.86. The number of rotatable bonds is 5. The van der Waals surface area contributed by atoms with Crippen LogP contribution in [0.25, 0.3) is 0 Å². The lowest BCUT2D eigenvalue weighted by Gasteiger charge is -2.32. The van der Waals surface area contributed by atoms with E-state index >= 15 is 0 Å². The molecule has 1 N–H and O–H groups in total. The first-order valence-electron chi connectivity index (χ1n) is 7.34. The van der Waals surface area contributed by atoms with E-state index in [1.165, 1.54) is 25.3 Å². The average molecular weight is 262 g/mol. The fourth-order valence-electron chi connectivity index (χ4n) is 3.12. The second kappa shape index (κ2) is 5.22. The van der Waals surface area contributed by atoms with Gasteiger partial charge in [0, 0.05) is 25.7 Å². The number of hydrogen-bond donors (Lipinski definition) is 1. The van der Waals surface area contributed by atoms with E-state index in [-0.39, 0.29) is 5.82 Å². The zero-order valence-electron chi connectivity index (χ0n) is 11.7. The Hall–Kier alpha value is -0.930. The van der Waals surface area contributed by atoms with Gasteiger partial charge in [-0.3, -0.25) is 4.90 Å². The summed E-state index contributed by atoms with van der Waals surface area (Å²) in [5.74, 6) is -0.123. The molecule has 104 valence electrons. The van der Waals surface area contributed by atoms with Gasteiger partial charge in [0.1, 0.15) is 5.82 Å². The predicted octanol–water partition coefficient (Wildman–Crippen LogP) is 2.79. The van der Waals surface area contributed by atoms with Crippen molar-refractivity contribution in [3.8, 4) is 0 Å². The molecule has 2 aliphatic rings. The maximum Gasteiger partial charge on any atom is 0.123 e.